The zero-order valence-corrected chi connectivity index (χ0v) is 12.7. The maximum atomic E-state index is 12.0. The Kier molecular flexibility index (Phi) is 4.32. The van der Waals surface area contributed by atoms with Crippen LogP contribution in [0.15, 0.2) is 36.4 Å². The van der Waals surface area contributed by atoms with E-state index in [0.717, 1.165) is 18.4 Å². The van der Waals surface area contributed by atoms with Gasteiger partial charge in [0, 0.05) is 5.57 Å². The fourth-order valence-electron chi connectivity index (χ4n) is 3.01. The molecule has 0 saturated heterocycles. The van der Waals surface area contributed by atoms with Crippen molar-refractivity contribution in [2.24, 2.45) is 0 Å². The second-order valence-electron chi connectivity index (χ2n) is 6.13. The first-order valence-electron chi connectivity index (χ1n) is 7.42. The topological polar surface area (TPSA) is 26.3 Å². The molecule has 2 unspecified atom stereocenters. The van der Waals surface area contributed by atoms with Gasteiger partial charge in [-0.15, -0.1) is 0 Å². The molecule has 2 heteroatoms. The number of carbonyl (C=O) groups excluding carboxylic acids is 1. The standard InChI is InChI=1S/C18H24O2/c1-13(2)17(19)20-18(4)12-8-7-9-14(3)15-10-5-6-11-16(15)18/h5-6,10-11,14H,1,7-9,12H2,2-4H3. The SMILES string of the molecule is C=C(C)C(=O)OC1(C)CCCCC(C)c2ccccc21. The minimum atomic E-state index is -0.540. The molecule has 1 aliphatic carbocycles. The van der Waals surface area contributed by atoms with E-state index in [-0.39, 0.29) is 5.97 Å². The highest BCUT2D eigenvalue weighted by molar-refractivity contribution is 5.87. The number of hydrogen-bond acceptors (Lipinski definition) is 2. The van der Waals surface area contributed by atoms with Crippen LogP contribution in [0, 0.1) is 0 Å². The molecular formula is C18H24O2. The largest absolute Gasteiger partial charge is 0.451 e. The van der Waals surface area contributed by atoms with Gasteiger partial charge >= 0.3 is 5.97 Å². The molecule has 2 nitrogen and oxygen atoms in total. The highest BCUT2D eigenvalue weighted by Gasteiger charge is 2.35. The quantitative estimate of drug-likeness (QED) is 0.576. The van der Waals surface area contributed by atoms with Gasteiger partial charge in [0.05, 0.1) is 0 Å². The Bertz CT molecular complexity index is 518. The Morgan fingerprint density at radius 1 is 1.35 bits per heavy atom. The molecule has 1 aromatic rings. The Balaban J connectivity index is 2.43. The molecule has 1 aliphatic rings. The first kappa shape index (κ1) is 14.8. The van der Waals surface area contributed by atoms with Gasteiger partial charge in [-0.25, -0.2) is 4.79 Å². The monoisotopic (exact) mass is 272 g/mol. The van der Waals surface area contributed by atoms with Crippen molar-refractivity contribution in [3.63, 3.8) is 0 Å². The summed E-state index contributed by atoms with van der Waals surface area (Å²) in [5.74, 6) is 0.213. The molecule has 0 amide bonds. The van der Waals surface area contributed by atoms with E-state index in [2.05, 4.69) is 31.7 Å². The Hall–Kier alpha value is -1.57. The smallest absolute Gasteiger partial charge is 0.333 e. The van der Waals surface area contributed by atoms with Crippen LogP contribution in [0.2, 0.25) is 0 Å². The lowest BCUT2D eigenvalue weighted by Crippen LogP contribution is -2.32. The first-order valence-corrected chi connectivity index (χ1v) is 7.42. The summed E-state index contributed by atoms with van der Waals surface area (Å²) in [6, 6.07) is 8.36. The molecule has 0 spiro atoms. The van der Waals surface area contributed by atoms with Crippen LogP contribution in [0.25, 0.3) is 0 Å². The van der Waals surface area contributed by atoms with Gasteiger partial charge in [-0.05, 0) is 50.2 Å². The highest BCUT2D eigenvalue weighted by atomic mass is 16.6. The summed E-state index contributed by atoms with van der Waals surface area (Å²) >= 11 is 0. The van der Waals surface area contributed by atoms with E-state index in [1.807, 2.05) is 13.0 Å². The number of esters is 1. The molecule has 0 aromatic heterocycles. The third-order valence-corrected chi connectivity index (χ3v) is 4.27. The van der Waals surface area contributed by atoms with Crippen LogP contribution in [-0.4, -0.2) is 5.97 Å². The van der Waals surface area contributed by atoms with Crippen LogP contribution in [-0.2, 0) is 15.1 Å². The summed E-state index contributed by atoms with van der Waals surface area (Å²) in [6.07, 6.45) is 4.33. The van der Waals surface area contributed by atoms with Crippen LogP contribution in [0.5, 0.6) is 0 Å². The Morgan fingerprint density at radius 3 is 2.75 bits per heavy atom. The van der Waals surface area contributed by atoms with E-state index in [4.69, 9.17) is 4.74 Å². The van der Waals surface area contributed by atoms with Gasteiger partial charge in [0.2, 0.25) is 0 Å². The first-order chi connectivity index (χ1) is 9.44. The lowest BCUT2D eigenvalue weighted by molar-refractivity contribution is -0.155. The van der Waals surface area contributed by atoms with Crippen LogP contribution in [0.4, 0.5) is 0 Å². The average molecular weight is 272 g/mol. The maximum Gasteiger partial charge on any atom is 0.333 e. The molecule has 2 atom stereocenters. The average Bonchev–Trinajstić information content (AvgIpc) is 2.42. The van der Waals surface area contributed by atoms with Crippen molar-refractivity contribution < 1.29 is 9.53 Å². The molecule has 2 rings (SSSR count). The van der Waals surface area contributed by atoms with Crippen LogP contribution in [0.1, 0.15) is 63.5 Å². The van der Waals surface area contributed by atoms with Gasteiger partial charge in [0.25, 0.3) is 0 Å². The van der Waals surface area contributed by atoms with E-state index in [1.165, 1.54) is 18.4 Å². The van der Waals surface area contributed by atoms with Gasteiger partial charge in [0.1, 0.15) is 5.60 Å². The zero-order chi connectivity index (χ0) is 14.8. The molecular weight excluding hydrogens is 248 g/mol. The van der Waals surface area contributed by atoms with E-state index >= 15 is 0 Å². The van der Waals surface area contributed by atoms with E-state index < -0.39 is 5.60 Å². The number of fused-ring (bicyclic) bond motifs is 1. The molecule has 0 radical (unpaired) electrons. The van der Waals surface area contributed by atoms with Crippen molar-refractivity contribution in [2.45, 2.75) is 58.0 Å². The van der Waals surface area contributed by atoms with E-state index in [0.29, 0.717) is 11.5 Å². The normalized spacial score (nSPS) is 26.1. The molecule has 1 aromatic carbocycles. The van der Waals surface area contributed by atoms with Crippen molar-refractivity contribution >= 4 is 5.97 Å². The Morgan fingerprint density at radius 2 is 2.05 bits per heavy atom. The molecule has 0 fully saturated rings. The number of ether oxygens (including phenoxy) is 1. The molecule has 20 heavy (non-hydrogen) atoms. The maximum absolute atomic E-state index is 12.0. The van der Waals surface area contributed by atoms with Gasteiger partial charge in [-0.2, -0.15) is 0 Å². The van der Waals surface area contributed by atoms with Crippen molar-refractivity contribution in [1.82, 2.24) is 0 Å². The molecule has 0 heterocycles. The van der Waals surface area contributed by atoms with Crippen molar-refractivity contribution in [3.8, 4) is 0 Å². The summed E-state index contributed by atoms with van der Waals surface area (Å²) < 4.78 is 5.81. The summed E-state index contributed by atoms with van der Waals surface area (Å²) in [6.45, 7) is 9.68. The van der Waals surface area contributed by atoms with E-state index in [1.54, 1.807) is 6.92 Å². The zero-order valence-electron chi connectivity index (χ0n) is 12.7. The summed E-state index contributed by atoms with van der Waals surface area (Å²) in [5.41, 5.74) is 2.38. The minimum Gasteiger partial charge on any atom is -0.451 e. The highest BCUT2D eigenvalue weighted by Crippen LogP contribution is 2.40. The van der Waals surface area contributed by atoms with Crippen LogP contribution >= 0.6 is 0 Å². The van der Waals surface area contributed by atoms with Gasteiger partial charge in [0.15, 0.2) is 0 Å². The summed E-state index contributed by atoms with van der Waals surface area (Å²) in [5, 5.41) is 0. The number of hydrogen-bond donors (Lipinski definition) is 0. The molecule has 0 bridgehead atoms. The lowest BCUT2D eigenvalue weighted by Gasteiger charge is -2.35. The molecule has 0 N–H and O–H groups in total. The summed E-state index contributed by atoms with van der Waals surface area (Å²) in [4.78, 5) is 12.0. The van der Waals surface area contributed by atoms with Crippen LogP contribution < -0.4 is 0 Å². The molecule has 0 saturated carbocycles. The van der Waals surface area contributed by atoms with Gasteiger partial charge < -0.3 is 4.74 Å². The van der Waals surface area contributed by atoms with Crippen molar-refractivity contribution in [2.75, 3.05) is 0 Å². The number of carbonyl (C=O) groups is 1. The fraction of sp³-hybridized carbons (Fsp3) is 0.500. The molecule has 0 aliphatic heterocycles. The lowest BCUT2D eigenvalue weighted by atomic mass is 9.79. The van der Waals surface area contributed by atoms with Crippen LogP contribution in [0.3, 0.4) is 0 Å². The number of rotatable bonds is 2. The molecule has 108 valence electrons. The van der Waals surface area contributed by atoms with Crippen molar-refractivity contribution in [3.05, 3.63) is 47.5 Å². The third kappa shape index (κ3) is 2.95. The van der Waals surface area contributed by atoms with Crippen molar-refractivity contribution in [1.29, 1.82) is 0 Å². The Labute approximate surface area is 121 Å². The minimum absolute atomic E-state index is 0.296. The summed E-state index contributed by atoms with van der Waals surface area (Å²) in [7, 11) is 0. The van der Waals surface area contributed by atoms with E-state index in [9.17, 15) is 4.79 Å². The third-order valence-electron chi connectivity index (χ3n) is 4.27. The fourth-order valence-corrected chi connectivity index (χ4v) is 3.01. The second-order valence-corrected chi connectivity index (χ2v) is 6.13. The van der Waals surface area contributed by atoms with Gasteiger partial charge in [-0.3, -0.25) is 0 Å². The predicted octanol–water partition coefficient (Wildman–Crippen LogP) is 4.70. The predicted molar refractivity (Wildman–Crippen MR) is 81.6 cm³/mol. The number of benzene rings is 1. The second kappa shape index (κ2) is 5.82. The van der Waals surface area contributed by atoms with Gasteiger partial charge in [-0.1, -0.05) is 44.2 Å².